The van der Waals surface area contributed by atoms with Crippen molar-refractivity contribution in [3.63, 3.8) is 0 Å². The van der Waals surface area contributed by atoms with Crippen LogP contribution in [-0.2, 0) is 30.4 Å². The fraction of sp³-hybridized carbons (Fsp3) is 0.577. The Labute approximate surface area is 227 Å². The molecule has 10 N–H and O–H groups in total. The van der Waals surface area contributed by atoms with Crippen molar-refractivity contribution in [3.05, 3.63) is 29.8 Å². The third kappa shape index (κ3) is 12.1. The SMILES string of the molecule is CC[C@H](C)[C@H](NC(=O)[C@H](CCC(=O)O)NC(=O)[C@@H](N)Cc1ccc(O)cc1)C(=O)N[C@@H](CCCCN)C(=O)O. The number of rotatable bonds is 18. The van der Waals surface area contributed by atoms with E-state index < -0.39 is 66.2 Å². The number of nitrogens with one attached hydrogen (secondary N) is 3. The number of hydrogen-bond acceptors (Lipinski definition) is 8. The minimum absolute atomic E-state index is 0.0484. The number of nitrogens with two attached hydrogens (primary N) is 2. The van der Waals surface area contributed by atoms with E-state index in [1.165, 1.54) is 12.1 Å². The van der Waals surface area contributed by atoms with Crippen LogP contribution in [0.4, 0.5) is 0 Å². The first kappa shape index (κ1) is 33.3. The number of benzene rings is 1. The molecule has 0 saturated carbocycles. The summed E-state index contributed by atoms with van der Waals surface area (Å²) >= 11 is 0. The van der Waals surface area contributed by atoms with E-state index in [-0.39, 0.29) is 25.0 Å². The van der Waals surface area contributed by atoms with Crippen molar-refractivity contribution in [2.24, 2.45) is 17.4 Å². The highest BCUT2D eigenvalue weighted by molar-refractivity contribution is 5.94. The molecule has 0 saturated heterocycles. The number of carboxylic acids is 2. The number of carboxylic acid groups (broad SMARTS) is 2. The molecule has 3 amide bonds. The van der Waals surface area contributed by atoms with Gasteiger partial charge in [0.1, 0.15) is 23.9 Å². The lowest BCUT2D eigenvalue weighted by Gasteiger charge is -2.28. The van der Waals surface area contributed by atoms with Gasteiger partial charge in [-0.05, 0) is 62.3 Å². The molecular formula is C26H41N5O8. The van der Waals surface area contributed by atoms with Crippen molar-refractivity contribution in [1.82, 2.24) is 16.0 Å². The van der Waals surface area contributed by atoms with Crippen LogP contribution in [-0.4, -0.2) is 75.7 Å². The Morgan fingerprint density at radius 3 is 2.03 bits per heavy atom. The molecular weight excluding hydrogens is 510 g/mol. The maximum absolute atomic E-state index is 13.2. The average Bonchev–Trinajstić information content (AvgIpc) is 2.89. The molecule has 0 spiro atoms. The number of amides is 3. The Bertz CT molecular complexity index is 972. The smallest absolute Gasteiger partial charge is 0.326 e. The molecule has 1 aromatic rings. The normalized spacial score (nSPS) is 14.8. The van der Waals surface area contributed by atoms with E-state index in [9.17, 15) is 34.2 Å². The highest BCUT2D eigenvalue weighted by Crippen LogP contribution is 2.13. The number of phenolic OH excluding ortho intramolecular Hbond substituents is 1. The zero-order valence-electron chi connectivity index (χ0n) is 22.4. The molecule has 0 bridgehead atoms. The molecule has 13 heteroatoms. The van der Waals surface area contributed by atoms with E-state index in [1.807, 2.05) is 0 Å². The van der Waals surface area contributed by atoms with E-state index in [0.717, 1.165) is 0 Å². The predicted molar refractivity (Wildman–Crippen MR) is 142 cm³/mol. The van der Waals surface area contributed by atoms with Crippen LogP contribution in [0.25, 0.3) is 0 Å². The number of aromatic hydroxyl groups is 1. The third-order valence-corrected chi connectivity index (χ3v) is 6.36. The lowest BCUT2D eigenvalue weighted by molar-refractivity contribution is -0.143. The second-order valence-electron chi connectivity index (χ2n) is 9.53. The van der Waals surface area contributed by atoms with E-state index in [4.69, 9.17) is 16.6 Å². The summed E-state index contributed by atoms with van der Waals surface area (Å²) in [6.07, 6.45) is 1.10. The minimum Gasteiger partial charge on any atom is -0.508 e. The van der Waals surface area contributed by atoms with Crippen LogP contribution < -0.4 is 27.4 Å². The number of phenols is 1. The number of carbonyl (C=O) groups excluding carboxylic acids is 3. The second kappa shape index (κ2) is 17.0. The molecule has 218 valence electrons. The van der Waals surface area contributed by atoms with Gasteiger partial charge in [-0.3, -0.25) is 19.2 Å². The van der Waals surface area contributed by atoms with Crippen molar-refractivity contribution < 1.29 is 39.3 Å². The lowest BCUT2D eigenvalue weighted by atomic mass is 9.96. The summed E-state index contributed by atoms with van der Waals surface area (Å²) in [7, 11) is 0. The van der Waals surface area contributed by atoms with Crippen LogP contribution in [0.1, 0.15) is 57.9 Å². The Morgan fingerprint density at radius 2 is 1.49 bits per heavy atom. The van der Waals surface area contributed by atoms with E-state index in [2.05, 4.69) is 16.0 Å². The summed E-state index contributed by atoms with van der Waals surface area (Å²) in [5.41, 5.74) is 12.1. The van der Waals surface area contributed by atoms with Crippen LogP contribution in [0.3, 0.4) is 0 Å². The molecule has 0 fully saturated rings. The molecule has 0 aliphatic heterocycles. The van der Waals surface area contributed by atoms with Gasteiger partial charge in [0.05, 0.1) is 6.04 Å². The number of aliphatic carboxylic acids is 2. The van der Waals surface area contributed by atoms with Gasteiger partial charge in [0, 0.05) is 6.42 Å². The van der Waals surface area contributed by atoms with Crippen LogP contribution in [0.2, 0.25) is 0 Å². The Hall–Kier alpha value is -3.71. The number of hydrogen-bond donors (Lipinski definition) is 8. The van der Waals surface area contributed by atoms with Gasteiger partial charge in [0.25, 0.3) is 0 Å². The zero-order chi connectivity index (χ0) is 29.5. The average molecular weight is 552 g/mol. The second-order valence-corrected chi connectivity index (χ2v) is 9.53. The summed E-state index contributed by atoms with van der Waals surface area (Å²) in [5.74, 6) is -4.96. The molecule has 0 heterocycles. The van der Waals surface area contributed by atoms with Crippen molar-refractivity contribution in [2.45, 2.75) is 83.0 Å². The summed E-state index contributed by atoms with van der Waals surface area (Å²) in [6.45, 7) is 3.88. The van der Waals surface area contributed by atoms with Crippen molar-refractivity contribution in [1.29, 1.82) is 0 Å². The van der Waals surface area contributed by atoms with Gasteiger partial charge >= 0.3 is 11.9 Å². The largest absolute Gasteiger partial charge is 0.508 e. The molecule has 39 heavy (non-hydrogen) atoms. The molecule has 1 aromatic carbocycles. The van der Waals surface area contributed by atoms with E-state index >= 15 is 0 Å². The van der Waals surface area contributed by atoms with Crippen LogP contribution in [0.15, 0.2) is 24.3 Å². The molecule has 0 aliphatic rings. The molecule has 0 radical (unpaired) electrons. The summed E-state index contributed by atoms with van der Waals surface area (Å²) in [5, 5.41) is 35.5. The highest BCUT2D eigenvalue weighted by Gasteiger charge is 2.32. The molecule has 5 atom stereocenters. The predicted octanol–water partition coefficient (Wildman–Crippen LogP) is -0.159. The first-order valence-electron chi connectivity index (χ1n) is 13.0. The summed E-state index contributed by atoms with van der Waals surface area (Å²) < 4.78 is 0. The Kier molecular flexibility index (Phi) is 14.5. The fourth-order valence-corrected chi connectivity index (χ4v) is 3.76. The lowest BCUT2D eigenvalue weighted by Crippen LogP contribution is -2.58. The van der Waals surface area contributed by atoms with E-state index in [1.54, 1.807) is 26.0 Å². The monoisotopic (exact) mass is 551 g/mol. The number of unbranched alkanes of at least 4 members (excludes halogenated alkanes) is 1. The topological polar surface area (TPSA) is 234 Å². The molecule has 0 unspecified atom stereocenters. The van der Waals surface area contributed by atoms with Crippen molar-refractivity contribution in [3.8, 4) is 5.75 Å². The van der Waals surface area contributed by atoms with Crippen LogP contribution in [0, 0.1) is 5.92 Å². The minimum atomic E-state index is -1.31. The van der Waals surface area contributed by atoms with Gasteiger partial charge in [-0.15, -0.1) is 0 Å². The van der Waals surface area contributed by atoms with Crippen LogP contribution >= 0.6 is 0 Å². The van der Waals surface area contributed by atoms with Crippen LogP contribution in [0.5, 0.6) is 5.75 Å². The maximum Gasteiger partial charge on any atom is 0.326 e. The molecule has 0 aliphatic carbocycles. The van der Waals surface area contributed by atoms with E-state index in [0.29, 0.717) is 31.4 Å². The first-order valence-corrected chi connectivity index (χ1v) is 13.0. The molecule has 13 nitrogen and oxygen atoms in total. The summed E-state index contributed by atoms with van der Waals surface area (Å²) in [6, 6.07) is 1.38. The quantitative estimate of drug-likeness (QED) is 0.112. The Morgan fingerprint density at radius 1 is 0.872 bits per heavy atom. The third-order valence-electron chi connectivity index (χ3n) is 6.36. The Balaban J connectivity index is 3.00. The van der Waals surface area contributed by atoms with Gasteiger partial charge in [0.15, 0.2) is 0 Å². The highest BCUT2D eigenvalue weighted by atomic mass is 16.4. The summed E-state index contributed by atoms with van der Waals surface area (Å²) in [4.78, 5) is 61.8. The standard InChI is InChI=1S/C26H41N5O8/c1-3-15(2)22(25(37)30-20(26(38)39)6-4-5-13-27)31-24(36)19(11-12-21(33)34)29-23(35)18(28)14-16-7-9-17(32)10-8-16/h7-10,15,18-20,22,32H,3-6,11-14,27-28H2,1-2H3,(H,29,35)(H,30,37)(H,31,36)(H,33,34)(H,38,39)/t15-,18-,19-,20-,22-/m0/s1. The van der Waals surface area contributed by atoms with Crippen molar-refractivity contribution in [2.75, 3.05) is 6.54 Å². The number of carbonyl (C=O) groups is 5. The van der Waals surface area contributed by atoms with Gasteiger partial charge in [-0.25, -0.2) is 4.79 Å². The first-order chi connectivity index (χ1) is 18.4. The van der Waals surface area contributed by atoms with Gasteiger partial charge in [-0.2, -0.15) is 0 Å². The van der Waals surface area contributed by atoms with Gasteiger partial charge in [0.2, 0.25) is 17.7 Å². The zero-order valence-corrected chi connectivity index (χ0v) is 22.4. The molecule has 0 aromatic heterocycles. The van der Waals surface area contributed by atoms with Gasteiger partial charge in [-0.1, -0.05) is 32.4 Å². The maximum atomic E-state index is 13.2. The van der Waals surface area contributed by atoms with Gasteiger partial charge < -0.3 is 42.7 Å². The molecule has 1 rings (SSSR count). The van der Waals surface area contributed by atoms with Crippen molar-refractivity contribution >= 4 is 29.7 Å². The fourth-order valence-electron chi connectivity index (χ4n) is 3.76.